The molecule has 0 saturated heterocycles. The molecule has 1 aromatic heterocycles. The first-order valence-electron chi connectivity index (χ1n) is 6.37. The molecule has 0 atom stereocenters. The van der Waals surface area contributed by atoms with Gasteiger partial charge in [0, 0.05) is 11.6 Å². The zero-order valence-electron chi connectivity index (χ0n) is 11.1. The molecule has 3 aromatic rings. The largest absolute Gasteiger partial charge is 0.312 e. The summed E-state index contributed by atoms with van der Waals surface area (Å²) in [6, 6.07) is 15.5. The van der Waals surface area contributed by atoms with Gasteiger partial charge in [-0.2, -0.15) is 0 Å². The SMILES string of the molecule is [C-]#[N+]Cc1cn(S(=O)(=O)c2ccccc2)c2ccccc12. The fourth-order valence-corrected chi connectivity index (χ4v) is 3.75. The van der Waals surface area contributed by atoms with Crippen LogP contribution < -0.4 is 0 Å². The molecule has 0 aliphatic carbocycles. The van der Waals surface area contributed by atoms with Crippen LogP contribution in [0.25, 0.3) is 15.7 Å². The molecule has 0 spiro atoms. The molecule has 0 aliphatic rings. The molecule has 104 valence electrons. The Morgan fingerprint density at radius 3 is 2.38 bits per heavy atom. The normalized spacial score (nSPS) is 11.4. The average Bonchev–Trinajstić information content (AvgIpc) is 2.88. The molecule has 1 heterocycles. The maximum absolute atomic E-state index is 12.8. The van der Waals surface area contributed by atoms with Crippen molar-refractivity contribution in [1.29, 1.82) is 0 Å². The molecule has 0 N–H and O–H groups in total. The molecule has 0 saturated carbocycles. The second-order valence-electron chi connectivity index (χ2n) is 4.60. The molecular formula is C16H12N2O2S. The van der Waals surface area contributed by atoms with Crippen LogP contribution in [0.4, 0.5) is 0 Å². The van der Waals surface area contributed by atoms with Crippen molar-refractivity contribution in [3.63, 3.8) is 0 Å². The topological polar surface area (TPSA) is 43.4 Å². The Labute approximate surface area is 123 Å². The summed E-state index contributed by atoms with van der Waals surface area (Å²) in [5.41, 5.74) is 1.32. The first-order chi connectivity index (χ1) is 10.1. The highest BCUT2D eigenvalue weighted by atomic mass is 32.2. The lowest BCUT2D eigenvalue weighted by Crippen LogP contribution is -2.11. The predicted octanol–water partition coefficient (Wildman–Crippen LogP) is 3.30. The number of hydrogen-bond donors (Lipinski definition) is 0. The second kappa shape index (κ2) is 5.08. The fraction of sp³-hybridized carbons (Fsp3) is 0.0625. The van der Waals surface area contributed by atoms with Crippen LogP contribution in [0, 0.1) is 6.57 Å². The summed E-state index contributed by atoms with van der Waals surface area (Å²) in [5.74, 6) is 0. The summed E-state index contributed by atoms with van der Waals surface area (Å²) in [5, 5.41) is 0.799. The third-order valence-electron chi connectivity index (χ3n) is 3.31. The van der Waals surface area contributed by atoms with Crippen molar-refractivity contribution in [3.05, 3.63) is 77.8 Å². The van der Waals surface area contributed by atoms with Gasteiger partial charge in [0.2, 0.25) is 6.54 Å². The molecule has 0 amide bonds. The number of aromatic nitrogens is 1. The van der Waals surface area contributed by atoms with Crippen LogP contribution in [0.1, 0.15) is 5.56 Å². The smallest absolute Gasteiger partial charge is 0.268 e. The summed E-state index contributed by atoms with van der Waals surface area (Å²) in [6.45, 7) is 7.18. The summed E-state index contributed by atoms with van der Waals surface area (Å²) >= 11 is 0. The lowest BCUT2D eigenvalue weighted by molar-refractivity contribution is 0.589. The van der Waals surface area contributed by atoms with Crippen LogP contribution in [0.2, 0.25) is 0 Å². The van der Waals surface area contributed by atoms with Gasteiger partial charge in [0.05, 0.1) is 16.0 Å². The third-order valence-corrected chi connectivity index (χ3v) is 5.00. The Kier molecular flexibility index (Phi) is 3.24. The lowest BCUT2D eigenvalue weighted by atomic mass is 10.2. The van der Waals surface area contributed by atoms with E-state index in [1.807, 2.05) is 12.1 Å². The highest BCUT2D eigenvalue weighted by Gasteiger charge is 2.21. The van der Waals surface area contributed by atoms with Gasteiger partial charge in [0.25, 0.3) is 10.0 Å². The maximum Gasteiger partial charge on any atom is 0.268 e. The van der Waals surface area contributed by atoms with E-state index in [4.69, 9.17) is 6.57 Å². The summed E-state index contributed by atoms with van der Waals surface area (Å²) < 4.78 is 26.8. The van der Waals surface area contributed by atoms with E-state index in [0.717, 1.165) is 10.9 Å². The van der Waals surface area contributed by atoms with Crippen molar-refractivity contribution >= 4 is 20.9 Å². The number of para-hydroxylation sites is 1. The van der Waals surface area contributed by atoms with E-state index in [-0.39, 0.29) is 11.4 Å². The van der Waals surface area contributed by atoms with Crippen LogP contribution in [0.15, 0.2) is 65.7 Å². The Bertz CT molecular complexity index is 935. The third kappa shape index (κ3) is 2.20. The summed E-state index contributed by atoms with van der Waals surface area (Å²) in [4.78, 5) is 3.60. The number of benzene rings is 2. The van der Waals surface area contributed by atoms with Gasteiger partial charge in [-0.05, 0) is 18.2 Å². The average molecular weight is 296 g/mol. The van der Waals surface area contributed by atoms with Gasteiger partial charge in [-0.25, -0.2) is 19.0 Å². The number of fused-ring (bicyclic) bond motifs is 1. The van der Waals surface area contributed by atoms with Crippen molar-refractivity contribution in [2.45, 2.75) is 11.4 Å². The van der Waals surface area contributed by atoms with Gasteiger partial charge < -0.3 is 4.85 Å². The quantitative estimate of drug-likeness (QED) is 0.696. The molecule has 0 aliphatic heterocycles. The molecule has 4 nitrogen and oxygen atoms in total. The Balaban J connectivity index is 2.29. The summed E-state index contributed by atoms with van der Waals surface area (Å²) in [7, 11) is -3.65. The van der Waals surface area contributed by atoms with Crippen molar-refractivity contribution < 1.29 is 8.42 Å². The molecule has 0 radical (unpaired) electrons. The highest BCUT2D eigenvalue weighted by molar-refractivity contribution is 7.90. The lowest BCUT2D eigenvalue weighted by Gasteiger charge is -2.07. The van der Waals surface area contributed by atoms with E-state index in [9.17, 15) is 8.42 Å². The minimum absolute atomic E-state index is 0.165. The van der Waals surface area contributed by atoms with Gasteiger partial charge in [0.1, 0.15) is 0 Å². The van der Waals surface area contributed by atoms with Crippen LogP contribution in [0.3, 0.4) is 0 Å². The monoisotopic (exact) mass is 296 g/mol. The Hall–Kier alpha value is -2.58. The van der Waals surface area contributed by atoms with Crippen LogP contribution in [-0.2, 0) is 16.6 Å². The zero-order chi connectivity index (χ0) is 14.9. The van der Waals surface area contributed by atoms with E-state index in [2.05, 4.69) is 4.85 Å². The van der Waals surface area contributed by atoms with Gasteiger partial charge in [-0.3, -0.25) is 0 Å². The van der Waals surface area contributed by atoms with Crippen LogP contribution in [-0.4, -0.2) is 12.4 Å². The molecule has 5 heteroatoms. The van der Waals surface area contributed by atoms with Crippen LogP contribution in [0.5, 0.6) is 0 Å². The minimum atomic E-state index is -3.65. The summed E-state index contributed by atoms with van der Waals surface area (Å²) in [6.07, 6.45) is 1.55. The number of hydrogen-bond acceptors (Lipinski definition) is 2. The van der Waals surface area contributed by atoms with E-state index >= 15 is 0 Å². The first kappa shape index (κ1) is 13.4. The number of nitrogens with zero attached hydrogens (tertiary/aromatic N) is 2. The standard InChI is InChI=1S/C16H12N2O2S/c1-17-11-13-12-18(16-10-6-5-9-15(13)16)21(19,20)14-7-3-2-4-8-14/h2-10,12H,11H2. The van der Waals surface area contributed by atoms with Crippen molar-refractivity contribution in [1.82, 2.24) is 3.97 Å². The van der Waals surface area contributed by atoms with Crippen molar-refractivity contribution in [2.24, 2.45) is 0 Å². The molecule has 0 bridgehead atoms. The fourth-order valence-electron chi connectivity index (χ4n) is 2.33. The molecular weight excluding hydrogens is 284 g/mol. The van der Waals surface area contributed by atoms with Gasteiger partial charge in [-0.15, -0.1) is 0 Å². The van der Waals surface area contributed by atoms with E-state index in [1.165, 1.54) is 3.97 Å². The molecule has 3 rings (SSSR count). The second-order valence-corrected chi connectivity index (χ2v) is 6.42. The minimum Gasteiger partial charge on any atom is -0.312 e. The van der Waals surface area contributed by atoms with Gasteiger partial charge in [-0.1, -0.05) is 36.4 Å². The van der Waals surface area contributed by atoms with Crippen molar-refractivity contribution in [3.8, 4) is 0 Å². The van der Waals surface area contributed by atoms with E-state index in [1.54, 1.807) is 48.7 Å². The van der Waals surface area contributed by atoms with Gasteiger partial charge in [0.15, 0.2) is 0 Å². The Morgan fingerprint density at radius 2 is 1.67 bits per heavy atom. The van der Waals surface area contributed by atoms with E-state index < -0.39 is 10.0 Å². The molecule has 0 fully saturated rings. The van der Waals surface area contributed by atoms with Crippen LogP contribution >= 0.6 is 0 Å². The van der Waals surface area contributed by atoms with E-state index in [0.29, 0.717) is 5.52 Å². The van der Waals surface area contributed by atoms with Crippen molar-refractivity contribution in [2.75, 3.05) is 0 Å². The zero-order valence-corrected chi connectivity index (χ0v) is 11.9. The maximum atomic E-state index is 12.8. The molecule has 21 heavy (non-hydrogen) atoms. The van der Waals surface area contributed by atoms with Gasteiger partial charge >= 0.3 is 0 Å². The predicted molar refractivity (Wildman–Crippen MR) is 81.3 cm³/mol. The highest BCUT2D eigenvalue weighted by Crippen LogP contribution is 2.26. The Morgan fingerprint density at radius 1 is 1.00 bits per heavy atom. The molecule has 0 unspecified atom stereocenters. The number of rotatable bonds is 3. The molecule has 2 aromatic carbocycles. The first-order valence-corrected chi connectivity index (χ1v) is 7.81.